The second kappa shape index (κ2) is 5.87. The van der Waals surface area contributed by atoms with Crippen LogP contribution < -0.4 is 5.73 Å². The fraction of sp³-hybridized carbons (Fsp3) is 0.412. The Bertz CT molecular complexity index is 608. The van der Waals surface area contributed by atoms with Crippen LogP contribution in [-0.2, 0) is 19.4 Å². The van der Waals surface area contributed by atoms with E-state index in [0.717, 1.165) is 31.5 Å². The summed E-state index contributed by atoms with van der Waals surface area (Å²) < 4.78 is 13.1. The van der Waals surface area contributed by atoms with E-state index in [1.165, 1.54) is 22.6 Å². The minimum absolute atomic E-state index is 0.0859. The molecule has 1 aromatic carbocycles. The third-order valence-corrected chi connectivity index (χ3v) is 5.53. The molecule has 1 unspecified atom stereocenters. The first kappa shape index (κ1) is 14.7. The van der Waals surface area contributed by atoms with E-state index in [9.17, 15) is 4.39 Å². The minimum atomic E-state index is -0.186. The van der Waals surface area contributed by atoms with Gasteiger partial charge in [0, 0.05) is 30.1 Å². The van der Waals surface area contributed by atoms with E-state index in [1.54, 1.807) is 0 Å². The summed E-state index contributed by atoms with van der Waals surface area (Å²) in [5.41, 5.74) is 8.59. The molecular weight excluding hydrogens is 283 g/mol. The predicted octanol–water partition coefficient (Wildman–Crippen LogP) is 3.21. The summed E-state index contributed by atoms with van der Waals surface area (Å²) in [4.78, 5) is 3.98. The Morgan fingerprint density at radius 2 is 2.05 bits per heavy atom. The van der Waals surface area contributed by atoms with Crippen LogP contribution >= 0.6 is 11.3 Å². The molecule has 1 aliphatic heterocycles. The molecule has 1 aliphatic rings. The molecule has 0 radical (unpaired) electrons. The highest BCUT2D eigenvalue weighted by Gasteiger charge is 2.33. The standard InChI is InChI=1S/C17H21FN2S/c1-17(12-19,10-13-2-4-15(18)5-3-13)20-8-6-16-14(11-20)7-9-21-16/h2-5,7,9H,6,8,10-12,19H2,1H3. The monoisotopic (exact) mass is 304 g/mol. The van der Waals surface area contributed by atoms with Gasteiger partial charge in [-0.05, 0) is 54.5 Å². The number of nitrogens with zero attached hydrogens (tertiary/aromatic N) is 1. The fourth-order valence-corrected chi connectivity index (χ4v) is 3.95. The van der Waals surface area contributed by atoms with Crippen LogP contribution in [0.15, 0.2) is 35.7 Å². The second-order valence-corrected chi connectivity index (χ2v) is 7.05. The van der Waals surface area contributed by atoms with Crippen LogP contribution in [0.5, 0.6) is 0 Å². The van der Waals surface area contributed by atoms with Crippen LogP contribution in [0, 0.1) is 5.82 Å². The number of nitrogens with two attached hydrogens (primary N) is 1. The molecule has 0 amide bonds. The average Bonchev–Trinajstić information content (AvgIpc) is 2.97. The molecule has 0 aliphatic carbocycles. The van der Waals surface area contributed by atoms with Gasteiger partial charge in [0.1, 0.15) is 5.82 Å². The lowest BCUT2D eigenvalue weighted by molar-refractivity contribution is 0.0956. The van der Waals surface area contributed by atoms with Crippen molar-refractivity contribution in [3.05, 3.63) is 57.5 Å². The molecule has 2 N–H and O–H groups in total. The number of thiophene rings is 1. The van der Waals surface area contributed by atoms with Crippen molar-refractivity contribution in [3.8, 4) is 0 Å². The lowest BCUT2D eigenvalue weighted by atomic mass is 9.89. The molecule has 3 rings (SSSR count). The molecule has 0 fully saturated rings. The molecule has 4 heteroatoms. The zero-order valence-electron chi connectivity index (χ0n) is 12.3. The third kappa shape index (κ3) is 3.03. The highest BCUT2D eigenvalue weighted by atomic mass is 32.1. The van der Waals surface area contributed by atoms with Gasteiger partial charge in [-0.2, -0.15) is 0 Å². The molecule has 1 aromatic heterocycles. The Balaban J connectivity index is 1.78. The maximum atomic E-state index is 13.1. The first-order valence-electron chi connectivity index (χ1n) is 7.35. The summed E-state index contributed by atoms with van der Waals surface area (Å²) in [7, 11) is 0. The number of fused-ring (bicyclic) bond motifs is 1. The van der Waals surface area contributed by atoms with Crippen molar-refractivity contribution in [2.75, 3.05) is 13.1 Å². The quantitative estimate of drug-likeness (QED) is 0.940. The number of halogens is 1. The first-order chi connectivity index (χ1) is 10.1. The van der Waals surface area contributed by atoms with Crippen molar-refractivity contribution in [2.45, 2.75) is 31.8 Å². The van der Waals surface area contributed by atoms with Gasteiger partial charge in [0.15, 0.2) is 0 Å². The van der Waals surface area contributed by atoms with E-state index in [1.807, 2.05) is 23.5 Å². The molecule has 0 saturated heterocycles. The van der Waals surface area contributed by atoms with E-state index < -0.39 is 0 Å². The van der Waals surface area contributed by atoms with Crippen molar-refractivity contribution in [3.63, 3.8) is 0 Å². The summed E-state index contributed by atoms with van der Waals surface area (Å²) in [5.74, 6) is -0.186. The zero-order valence-corrected chi connectivity index (χ0v) is 13.1. The summed E-state index contributed by atoms with van der Waals surface area (Å²) >= 11 is 1.85. The highest BCUT2D eigenvalue weighted by molar-refractivity contribution is 7.10. The second-order valence-electron chi connectivity index (χ2n) is 6.04. The highest BCUT2D eigenvalue weighted by Crippen LogP contribution is 2.30. The Morgan fingerprint density at radius 3 is 2.76 bits per heavy atom. The van der Waals surface area contributed by atoms with Crippen LogP contribution in [0.4, 0.5) is 4.39 Å². The van der Waals surface area contributed by atoms with E-state index >= 15 is 0 Å². The maximum Gasteiger partial charge on any atom is 0.123 e. The van der Waals surface area contributed by atoms with Gasteiger partial charge in [-0.1, -0.05) is 12.1 Å². The molecule has 2 heterocycles. The number of rotatable bonds is 4. The van der Waals surface area contributed by atoms with Crippen LogP contribution in [-0.4, -0.2) is 23.5 Å². The largest absolute Gasteiger partial charge is 0.329 e. The van der Waals surface area contributed by atoms with Gasteiger partial charge in [0.2, 0.25) is 0 Å². The molecule has 2 nitrogen and oxygen atoms in total. The summed E-state index contributed by atoms with van der Waals surface area (Å²) in [6.45, 7) is 4.83. The molecule has 0 saturated carbocycles. The molecule has 2 aromatic rings. The predicted molar refractivity (Wildman–Crippen MR) is 86.0 cm³/mol. The van der Waals surface area contributed by atoms with E-state index in [0.29, 0.717) is 6.54 Å². The van der Waals surface area contributed by atoms with Crippen molar-refractivity contribution in [2.24, 2.45) is 5.73 Å². The Morgan fingerprint density at radius 1 is 1.29 bits per heavy atom. The molecule has 112 valence electrons. The number of benzene rings is 1. The van der Waals surface area contributed by atoms with E-state index in [-0.39, 0.29) is 11.4 Å². The first-order valence-corrected chi connectivity index (χ1v) is 8.23. The molecule has 21 heavy (non-hydrogen) atoms. The third-order valence-electron chi connectivity index (χ3n) is 4.51. The Labute approximate surface area is 129 Å². The van der Waals surface area contributed by atoms with Gasteiger partial charge in [-0.25, -0.2) is 4.39 Å². The van der Waals surface area contributed by atoms with Gasteiger partial charge >= 0.3 is 0 Å². The summed E-state index contributed by atoms with van der Waals surface area (Å²) in [6, 6.07) is 9.01. The van der Waals surface area contributed by atoms with Crippen molar-refractivity contribution in [1.29, 1.82) is 0 Å². The van der Waals surface area contributed by atoms with E-state index in [2.05, 4.69) is 23.3 Å². The number of hydrogen-bond acceptors (Lipinski definition) is 3. The molecule has 0 spiro atoms. The normalized spacial score (nSPS) is 18.2. The summed E-state index contributed by atoms with van der Waals surface area (Å²) in [5, 5.41) is 2.17. The fourth-order valence-electron chi connectivity index (χ4n) is 3.06. The van der Waals surface area contributed by atoms with E-state index in [4.69, 9.17) is 5.73 Å². The van der Waals surface area contributed by atoms with Gasteiger partial charge < -0.3 is 5.73 Å². The van der Waals surface area contributed by atoms with Crippen molar-refractivity contribution >= 4 is 11.3 Å². The number of hydrogen-bond donors (Lipinski definition) is 1. The van der Waals surface area contributed by atoms with Crippen LogP contribution in [0.25, 0.3) is 0 Å². The van der Waals surface area contributed by atoms with Gasteiger partial charge in [-0.15, -0.1) is 11.3 Å². The van der Waals surface area contributed by atoms with Gasteiger partial charge in [0.25, 0.3) is 0 Å². The van der Waals surface area contributed by atoms with Gasteiger partial charge in [-0.3, -0.25) is 4.90 Å². The SMILES string of the molecule is CC(CN)(Cc1ccc(F)cc1)N1CCc2sccc2C1. The summed E-state index contributed by atoms with van der Waals surface area (Å²) in [6.07, 6.45) is 1.95. The van der Waals surface area contributed by atoms with Crippen LogP contribution in [0.3, 0.4) is 0 Å². The Hall–Kier alpha value is -1.23. The lowest BCUT2D eigenvalue weighted by Crippen LogP contribution is -2.54. The zero-order chi connectivity index (χ0) is 14.9. The topological polar surface area (TPSA) is 29.3 Å². The smallest absolute Gasteiger partial charge is 0.123 e. The van der Waals surface area contributed by atoms with Crippen LogP contribution in [0.2, 0.25) is 0 Å². The Kier molecular flexibility index (Phi) is 4.11. The minimum Gasteiger partial charge on any atom is -0.329 e. The molecule has 0 bridgehead atoms. The average molecular weight is 304 g/mol. The van der Waals surface area contributed by atoms with Crippen molar-refractivity contribution < 1.29 is 4.39 Å². The molecular formula is C17H21FN2S. The van der Waals surface area contributed by atoms with Crippen molar-refractivity contribution in [1.82, 2.24) is 4.90 Å². The van der Waals surface area contributed by atoms with Crippen LogP contribution in [0.1, 0.15) is 22.9 Å². The maximum absolute atomic E-state index is 13.1. The molecule has 1 atom stereocenters. The van der Waals surface area contributed by atoms with Gasteiger partial charge in [0.05, 0.1) is 0 Å². The lowest BCUT2D eigenvalue weighted by Gasteiger charge is -2.43.